The first-order chi connectivity index (χ1) is 13.9. The molecule has 29 heavy (non-hydrogen) atoms. The lowest BCUT2D eigenvalue weighted by Gasteiger charge is -2.11. The molecule has 3 aromatic carbocycles. The lowest BCUT2D eigenvalue weighted by atomic mass is 10.1. The quantitative estimate of drug-likeness (QED) is 0.587. The largest absolute Gasteiger partial charge is 0.484 e. The molecule has 0 aromatic heterocycles. The average molecular weight is 409 g/mol. The second kappa shape index (κ2) is 9.26. The standard InChI is InChI=1S/C23H21ClN2O3/c1-15-12-20(13-16(2)22(15)24)29-14-21(27)25-18-8-10-19(11-9-18)26-23(28)17-6-4-3-5-7-17/h3-13H,14H2,1-2H3,(H,25,27)(H,26,28). The van der Waals surface area contributed by atoms with Gasteiger partial charge in [0.2, 0.25) is 0 Å². The number of carbonyl (C=O) groups is 2. The Kier molecular flexibility index (Phi) is 6.52. The van der Waals surface area contributed by atoms with Crippen LogP contribution < -0.4 is 15.4 Å². The van der Waals surface area contributed by atoms with Gasteiger partial charge in [0, 0.05) is 22.0 Å². The zero-order valence-corrected chi connectivity index (χ0v) is 16.9. The third kappa shape index (κ3) is 5.59. The van der Waals surface area contributed by atoms with Gasteiger partial charge in [0.05, 0.1) is 0 Å². The number of carbonyl (C=O) groups excluding carboxylic acids is 2. The maximum Gasteiger partial charge on any atom is 0.262 e. The van der Waals surface area contributed by atoms with Crippen molar-refractivity contribution < 1.29 is 14.3 Å². The zero-order valence-electron chi connectivity index (χ0n) is 16.2. The number of anilines is 2. The monoisotopic (exact) mass is 408 g/mol. The first-order valence-corrected chi connectivity index (χ1v) is 9.46. The fourth-order valence-electron chi connectivity index (χ4n) is 2.77. The summed E-state index contributed by atoms with van der Waals surface area (Å²) in [5, 5.41) is 6.27. The molecule has 0 saturated carbocycles. The highest BCUT2D eigenvalue weighted by molar-refractivity contribution is 6.32. The molecule has 0 aliphatic carbocycles. The Labute approximate surface area is 174 Å². The lowest BCUT2D eigenvalue weighted by Crippen LogP contribution is -2.20. The third-order valence-corrected chi connectivity index (χ3v) is 4.84. The van der Waals surface area contributed by atoms with Crippen molar-refractivity contribution in [3.63, 3.8) is 0 Å². The van der Waals surface area contributed by atoms with Gasteiger partial charge in [0.25, 0.3) is 11.8 Å². The van der Waals surface area contributed by atoms with Crippen LogP contribution in [0.4, 0.5) is 11.4 Å². The molecule has 0 aliphatic rings. The van der Waals surface area contributed by atoms with Gasteiger partial charge in [-0.25, -0.2) is 0 Å². The van der Waals surface area contributed by atoms with Gasteiger partial charge >= 0.3 is 0 Å². The van der Waals surface area contributed by atoms with Gasteiger partial charge in [-0.1, -0.05) is 29.8 Å². The van der Waals surface area contributed by atoms with Crippen LogP contribution in [0.1, 0.15) is 21.5 Å². The maximum absolute atomic E-state index is 12.2. The van der Waals surface area contributed by atoms with Crippen LogP contribution in [-0.4, -0.2) is 18.4 Å². The minimum atomic E-state index is -0.281. The van der Waals surface area contributed by atoms with Gasteiger partial charge in [-0.2, -0.15) is 0 Å². The van der Waals surface area contributed by atoms with Crippen molar-refractivity contribution in [2.45, 2.75) is 13.8 Å². The Morgan fingerprint density at radius 1 is 0.862 bits per heavy atom. The van der Waals surface area contributed by atoms with E-state index in [-0.39, 0.29) is 18.4 Å². The summed E-state index contributed by atoms with van der Waals surface area (Å²) in [6, 6.07) is 19.4. The van der Waals surface area contributed by atoms with Gasteiger partial charge in [-0.15, -0.1) is 0 Å². The number of ether oxygens (including phenoxy) is 1. The van der Waals surface area contributed by atoms with E-state index in [9.17, 15) is 9.59 Å². The molecule has 0 heterocycles. The zero-order chi connectivity index (χ0) is 20.8. The molecule has 2 N–H and O–H groups in total. The van der Waals surface area contributed by atoms with Gasteiger partial charge in [0.15, 0.2) is 6.61 Å². The summed E-state index contributed by atoms with van der Waals surface area (Å²) in [4.78, 5) is 24.3. The predicted octanol–water partition coefficient (Wildman–Crippen LogP) is 5.23. The molecule has 2 amide bonds. The van der Waals surface area contributed by atoms with E-state index in [1.807, 2.05) is 32.0 Å². The molecule has 3 rings (SSSR count). The topological polar surface area (TPSA) is 67.4 Å². The molecule has 0 saturated heterocycles. The lowest BCUT2D eigenvalue weighted by molar-refractivity contribution is -0.118. The van der Waals surface area contributed by atoms with E-state index in [1.54, 1.807) is 48.5 Å². The number of rotatable bonds is 6. The molecular weight excluding hydrogens is 388 g/mol. The van der Waals surface area contributed by atoms with E-state index in [4.69, 9.17) is 16.3 Å². The summed E-state index contributed by atoms with van der Waals surface area (Å²) in [6.07, 6.45) is 0. The van der Waals surface area contributed by atoms with Gasteiger partial charge in [-0.3, -0.25) is 9.59 Å². The number of benzene rings is 3. The average Bonchev–Trinajstić information content (AvgIpc) is 2.72. The molecule has 0 aliphatic heterocycles. The second-order valence-electron chi connectivity index (χ2n) is 6.61. The fourth-order valence-corrected chi connectivity index (χ4v) is 2.87. The maximum atomic E-state index is 12.2. The van der Waals surface area contributed by atoms with Gasteiger partial charge < -0.3 is 15.4 Å². The predicted molar refractivity (Wildman–Crippen MR) is 116 cm³/mol. The highest BCUT2D eigenvalue weighted by Crippen LogP contribution is 2.25. The van der Waals surface area contributed by atoms with Crippen LogP contribution in [0.25, 0.3) is 0 Å². The van der Waals surface area contributed by atoms with Gasteiger partial charge in [0.1, 0.15) is 5.75 Å². The van der Waals surface area contributed by atoms with Crippen LogP contribution in [0.15, 0.2) is 66.7 Å². The summed E-state index contributed by atoms with van der Waals surface area (Å²) >= 11 is 6.14. The molecular formula is C23H21ClN2O3. The first-order valence-electron chi connectivity index (χ1n) is 9.08. The van der Waals surface area contributed by atoms with E-state index >= 15 is 0 Å². The molecule has 0 radical (unpaired) electrons. The minimum Gasteiger partial charge on any atom is -0.484 e. The van der Waals surface area contributed by atoms with Crippen molar-refractivity contribution in [3.05, 3.63) is 88.4 Å². The Bertz CT molecular complexity index is 995. The van der Waals surface area contributed by atoms with E-state index in [1.165, 1.54) is 0 Å². The third-order valence-electron chi connectivity index (χ3n) is 4.24. The van der Waals surface area contributed by atoms with E-state index in [0.717, 1.165) is 11.1 Å². The van der Waals surface area contributed by atoms with Crippen LogP contribution in [0, 0.1) is 13.8 Å². The summed E-state index contributed by atoms with van der Waals surface area (Å²) < 4.78 is 5.55. The van der Waals surface area contributed by atoms with Crippen LogP contribution in [0.3, 0.4) is 0 Å². The second-order valence-corrected chi connectivity index (χ2v) is 6.98. The number of nitrogens with one attached hydrogen (secondary N) is 2. The summed E-state index contributed by atoms with van der Waals surface area (Å²) in [7, 11) is 0. The smallest absolute Gasteiger partial charge is 0.262 e. The first kappa shape index (κ1) is 20.4. The molecule has 3 aromatic rings. The number of hydrogen-bond donors (Lipinski definition) is 2. The molecule has 0 unspecified atom stereocenters. The summed E-state index contributed by atoms with van der Waals surface area (Å²) in [5.41, 5.74) is 3.63. The van der Waals surface area contributed by atoms with Crippen LogP contribution in [-0.2, 0) is 4.79 Å². The Morgan fingerprint density at radius 2 is 1.41 bits per heavy atom. The number of amides is 2. The van der Waals surface area contributed by atoms with E-state index in [0.29, 0.717) is 27.7 Å². The molecule has 0 spiro atoms. The van der Waals surface area contributed by atoms with E-state index < -0.39 is 0 Å². The fraction of sp³-hybridized carbons (Fsp3) is 0.130. The summed E-state index contributed by atoms with van der Waals surface area (Å²) in [5.74, 6) is 0.124. The van der Waals surface area contributed by atoms with E-state index in [2.05, 4.69) is 10.6 Å². The Hall–Kier alpha value is -3.31. The van der Waals surface area contributed by atoms with Crippen molar-refractivity contribution >= 4 is 34.8 Å². The highest BCUT2D eigenvalue weighted by Gasteiger charge is 2.08. The van der Waals surface area contributed by atoms with Gasteiger partial charge in [-0.05, 0) is 73.5 Å². The van der Waals surface area contributed by atoms with Crippen molar-refractivity contribution in [1.29, 1.82) is 0 Å². The number of halogens is 1. The number of hydrogen-bond acceptors (Lipinski definition) is 3. The molecule has 0 bridgehead atoms. The minimum absolute atomic E-state index is 0.118. The SMILES string of the molecule is Cc1cc(OCC(=O)Nc2ccc(NC(=O)c3ccccc3)cc2)cc(C)c1Cl. The van der Waals surface area contributed by atoms with Crippen molar-refractivity contribution in [1.82, 2.24) is 0 Å². The Morgan fingerprint density at radius 3 is 2.00 bits per heavy atom. The van der Waals surface area contributed by atoms with Crippen LogP contribution in [0.5, 0.6) is 5.75 Å². The highest BCUT2D eigenvalue weighted by atomic mass is 35.5. The molecule has 5 nitrogen and oxygen atoms in total. The Balaban J connectivity index is 1.53. The molecule has 0 fully saturated rings. The van der Waals surface area contributed by atoms with Crippen molar-refractivity contribution in [2.75, 3.05) is 17.2 Å². The molecule has 6 heteroatoms. The van der Waals surface area contributed by atoms with Crippen molar-refractivity contribution in [3.8, 4) is 5.75 Å². The molecule has 148 valence electrons. The normalized spacial score (nSPS) is 10.3. The van der Waals surface area contributed by atoms with Crippen LogP contribution in [0.2, 0.25) is 5.02 Å². The van der Waals surface area contributed by atoms with Crippen LogP contribution >= 0.6 is 11.6 Å². The summed E-state index contributed by atoms with van der Waals surface area (Å²) in [6.45, 7) is 3.66. The van der Waals surface area contributed by atoms with Crippen molar-refractivity contribution in [2.24, 2.45) is 0 Å². The number of aryl methyl sites for hydroxylation is 2. The molecule has 0 atom stereocenters.